The molecule has 2 amide bonds. The normalized spacial score (nSPS) is 18.0. The van der Waals surface area contributed by atoms with E-state index in [2.05, 4.69) is 10.3 Å². The lowest BCUT2D eigenvalue weighted by atomic mass is 10.1. The van der Waals surface area contributed by atoms with Crippen LogP contribution in [0.4, 0.5) is 11.4 Å². The number of hydrogen-bond acceptors (Lipinski definition) is 4. The highest BCUT2D eigenvalue weighted by atomic mass is 35.5. The number of amidine groups is 1. The predicted octanol–water partition coefficient (Wildman–Crippen LogP) is 4.86. The van der Waals surface area contributed by atoms with Crippen LogP contribution in [0.3, 0.4) is 0 Å². The van der Waals surface area contributed by atoms with Gasteiger partial charge in [-0.25, -0.2) is 4.99 Å². The standard InChI is InChI=1S/C21H22ClN3O2S/c1-12-5-7-15(9-14(12)3)24-21-25(4)20(27)18(28-21)11-19(26)23-16-8-6-13(2)17(22)10-16/h5-10,18H,11H2,1-4H3,(H,23,26)/t18-/m1/s1. The van der Waals surface area contributed by atoms with Crippen LogP contribution in [0.2, 0.25) is 5.02 Å². The lowest BCUT2D eigenvalue weighted by Gasteiger charge is -2.10. The molecule has 1 fully saturated rings. The maximum Gasteiger partial charge on any atom is 0.242 e. The second kappa shape index (κ2) is 8.37. The number of nitrogens with zero attached hydrogens (tertiary/aromatic N) is 2. The van der Waals surface area contributed by atoms with Gasteiger partial charge in [-0.2, -0.15) is 0 Å². The summed E-state index contributed by atoms with van der Waals surface area (Å²) < 4.78 is 0. The second-order valence-electron chi connectivity index (χ2n) is 6.88. The van der Waals surface area contributed by atoms with Gasteiger partial charge in [0.15, 0.2) is 5.17 Å². The molecule has 7 heteroatoms. The van der Waals surface area contributed by atoms with Crippen molar-refractivity contribution in [1.29, 1.82) is 0 Å². The maximum absolute atomic E-state index is 12.5. The topological polar surface area (TPSA) is 61.8 Å². The number of nitrogens with one attached hydrogen (secondary N) is 1. The van der Waals surface area contributed by atoms with Crippen LogP contribution >= 0.6 is 23.4 Å². The molecule has 0 saturated carbocycles. The zero-order valence-electron chi connectivity index (χ0n) is 16.2. The summed E-state index contributed by atoms with van der Waals surface area (Å²) in [7, 11) is 1.69. The van der Waals surface area contributed by atoms with E-state index in [1.54, 1.807) is 19.2 Å². The van der Waals surface area contributed by atoms with Crippen LogP contribution in [0, 0.1) is 20.8 Å². The Morgan fingerprint density at radius 3 is 2.54 bits per heavy atom. The molecule has 1 aliphatic heterocycles. The summed E-state index contributed by atoms with van der Waals surface area (Å²) in [4.78, 5) is 31.0. The third-order valence-corrected chi connectivity index (χ3v) is 6.32. The Morgan fingerprint density at radius 2 is 1.86 bits per heavy atom. The molecular weight excluding hydrogens is 394 g/mol. The van der Waals surface area contributed by atoms with Crippen LogP contribution in [0.5, 0.6) is 0 Å². The molecule has 146 valence electrons. The van der Waals surface area contributed by atoms with Crippen LogP contribution < -0.4 is 5.32 Å². The van der Waals surface area contributed by atoms with Crippen LogP contribution in [0.15, 0.2) is 41.4 Å². The minimum atomic E-state index is -0.490. The van der Waals surface area contributed by atoms with E-state index in [9.17, 15) is 9.59 Å². The van der Waals surface area contributed by atoms with Gasteiger partial charge in [0.25, 0.3) is 0 Å². The van der Waals surface area contributed by atoms with Crippen molar-refractivity contribution < 1.29 is 9.59 Å². The van der Waals surface area contributed by atoms with Gasteiger partial charge in [0.1, 0.15) is 5.25 Å². The summed E-state index contributed by atoms with van der Waals surface area (Å²) in [6, 6.07) is 11.3. The molecule has 1 aliphatic rings. The molecular formula is C21H22ClN3O2S. The number of carbonyl (C=O) groups excluding carboxylic acids is 2. The highest BCUT2D eigenvalue weighted by Crippen LogP contribution is 2.31. The molecule has 0 spiro atoms. The summed E-state index contributed by atoms with van der Waals surface area (Å²) in [6.45, 7) is 5.97. The molecule has 1 atom stereocenters. The Kier molecular flexibility index (Phi) is 6.10. The number of aryl methyl sites for hydroxylation is 3. The van der Waals surface area contributed by atoms with Crippen molar-refractivity contribution in [3.63, 3.8) is 0 Å². The van der Waals surface area contributed by atoms with E-state index in [0.717, 1.165) is 16.8 Å². The average molecular weight is 416 g/mol. The smallest absolute Gasteiger partial charge is 0.242 e. The number of rotatable bonds is 4. The van der Waals surface area contributed by atoms with Gasteiger partial charge < -0.3 is 5.32 Å². The Hall–Kier alpha value is -2.31. The van der Waals surface area contributed by atoms with Crippen LogP contribution in [0.25, 0.3) is 0 Å². The van der Waals surface area contributed by atoms with Gasteiger partial charge in [0, 0.05) is 24.2 Å². The van der Waals surface area contributed by atoms with Crippen molar-refractivity contribution in [3.8, 4) is 0 Å². The fraction of sp³-hybridized carbons (Fsp3) is 0.286. The molecule has 3 rings (SSSR count). The van der Waals surface area contributed by atoms with E-state index in [1.165, 1.54) is 22.2 Å². The van der Waals surface area contributed by atoms with Gasteiger partial charge in [-0.3, -0.25) is 14.5 Å². The predicted molar refractivity (Wildman–Crippen MR) is 117 cm³/mol. The second-order valence-corrected chi connectivity index (χ2v) is 8.46. The Morgan fingerprint density at radius 1 is 1.14 bits per heavy atom. The van der Waals surface area contributed by atoms with Gasteiger partial charge in [0.2, 0.25) is 11.8 Å². The van der Waals surface area contributed by atoms with Crippen molar-refractivity contribution in [2.24, 2.45) is 4.99 Å². The fourth-order valence-electron chi connectivity index (χ4n) is 2.75. The summed E-state index contributed by atoms with van der Waals surface area (Å²) >= 11 is 7.41. The van der Waals surface area contributed by atoms with Crippen molar-refractivity contribution in [3.05, 3.63) is 58.1 Å². The van der Waals surface area contributed by atoms with E-state index in [4.69, 9.17) is 11.6 Å². The summed E-state index contributed by atoms with van der Waals surface area (Å²) in [6.07, 6.45) is 0.0747. The number of amides is 2. The number of aliphatic imine (C=N–C) groups is 1. The van der Waals surface area contributed by atoms with Crippen LogP contribution in [-0.4, -0.2) is 34.2 Å². The minimum Gasteiger partial charge on any atom is -0.326 e. The average Bonchev–Trinajstić information content (AvgIpc) is 2.89. The molecule has 1 saturated heterocycles. The van der Waals surface area contributed by atoms with Crippen molar-refractivity contribution >= 4 is 51.7 Å². The number of carbonyl (C=O) groups is 2. The van der Waals surface area contributed by atoms with E-state index < -0.39 is 5.25 Å². The van der Waals surface area contributed by atoms with E-state index in [0.29, 0.717) is 15.9 Å². The molecule has 0 aliphatic carbocycles. The molecule has 1 heterocycles. The van der Waals surface area contributed by atoms with Gasteiger partial charge in [-0.05, 0) is 61.7 Å². The molecule has 28 heavy (non-hydrogen) atoms. The number of anilines is 1. The fourth-order valence-corrected chi connectivity index (χ4v) is 4.09. The zero-order chi connectivity index (χ0) is 20.4. The monoisotopic (exact) mass is 415 g/mol. The van der Waals surface area contributed by atoms with Crippen molar-refractivity contribution in [1.82, 2.24) is 4.90 Å². The summed E-state index contributed by atoms with van der Waals surface area (Å²) in [5.74, 6) is -0.351. The van der Waals surface area contributed by atoms with Gasteiger partial charge in [-0.15, -0.1) is 0 Å². The zero-order valence-corrected chi connectivity index (χ0v) is 17.8. The highest BCUT2D eigenvalue weighted by molar-refractivity contribution is 8.15. The van der Waals surface area contributed by atoms with E-state index >= 15 is 0 Å². The highest BCUT2D eigenvalue weighted by Gasteiger charge is 2.37. The molecule has 0 radical (unpaired) electrons. The largest absolute Gasteiger partial charge is 0.326 e. The van der Waals surface area contributed by atoms with E-state index in [-0.39, 0.29) is 18.2 Å². The summed E-state index contributed by atoms with van der Waals surface area (Å²) in [5.41, 5.74) is 4.69. The van der Waals surface area contributed by atoms with Crippen LogP contribution in [0.1, 0.15) is 23.1 Å². The maximum atomic E-state index is 12.5. The van der Waals surface area contributed by atoms with Crippen molar-refractivity contribution in [2.45, 2.75) is 32.4 Å². The van der Waals surface area contributed by atoms with Crippen LogP contribution in [-0.2, 0) is 9.59 Å². The Bertz CT molecular complexity index is 974. The number of benzene rings is 2. The molecule has 0 aromatic heterocycles. The van der Waals surface area contributed by atoms with Gasteiger partial charge in [0.05, 0.1) is 5.69 Å². The molecule has 0 bridgehead atoms. The third-order valence-electron chi connectivity index (χ3n) is 4.68. The van der Waals surface area contributed by atoms with Gasteiger partial charge >= 0.3 is 0 Å². The number of hydrogen-bond donors (Lipinski definition) is 1. The third kappa shape index (κ3) is 4.56. The number of thioether (sulfide) groups is 1. The van der Waals surface area contributed by atoms with Gasteiger partial charge in [-0.1, -0.05) is 35.5 Å². The summed E-state index contributed by atoms with van der Waals surface area (Å²) in [5, 5.41) is 3.50. The quantitative estimate of drug-likeness (QED) is 0.775. The lowest BCUT2D eigenvalue weighted by molar-refractivity contribution is -0.127. The SMILES string of the molecule is Cc1ccc(N=C2S[C@H](CC(=O)Nc3ccc(C)c(Cl)c3)C(=O)N2C)cc1C. The Labute approximate surface area is 174 Å². The first-order chi connectivity index (χ1) is 13.2. The Balaban J connectivity index is 1.68. The van der Waals surface area contributed by atoms with E-state index in [1.807, 2.05) is 45.0 Å². The first-order valence-corrected chi connectivity index (χ1v) is 10.2. The lowest BCUT2D eigenvalue weighted by Crippen LogP contribution is -2.30. The molecule has 0 unspecified atom stereocenters. The molecule has 2 aromatic rings. The molecule has 1 N–H and O–H groups in total. The van der Waals surface area contributed by atoms with Crippen molar-refractivity contribution in [2.75, 3.05) is 12.4 Å². The first-order valence-electron chi connectivity index (χ1n) is 8.91. The first kappa shape index (κ1) is 20.4. The minimum absolute atomic E-state index is 0.0747. The number of halogens is 1. The molecule has 2 aromatic carbocycles. The molecule has 5 nitrogen and oxygen atoms in total.